The van der Waals surface area contributed by atoms with Gasteiger partial charge in [-0.05, 0) is 29.8 Å². The van der Waals surface area contributed by atoms with Crippen LogP contribution in [-0.2, 0) is 11.3 Å². The van der Waals surface area contributed by atoms with E-state index in [4.69, 9.17) is 13.9 Å². The summed E-state index contributed by atoms with van der Waals surface area (Å²) in [6.45, 7) is 0.183. The maximum absolute atomic E-state index is 11.8. The number of nitrogens with one attached hydrogen (secondary N) is 2. The van der Waals surface area contributed by atoms with E-state index in [1.165, 1.54) is 12.3 Å². The van der Waals surface area contributed by atoms with Crippen LogP contribution in [-0.4, -0.2) is 32.6 Å². The summed E-state index contributed by atoms with van der Waals surface area (Å²) in [5.74, 6) is 0.632. The van der Waals surface area contributed by atoms with Crippen LogP contribution in [0, 0.1) is 0 Å². The maximum atomic E-state index is 11.8. The quantitative estimate of drug-likeness (QED) is 0.804. The molecule has 2 aromatic rings. The van der Waals surface area contributed by atoms with Gasteiger partial charge in [0.15, 0.2) is 17.3 Å². The molecule has 2 amide bonds. The largest absolute Gasteiger partial charge is 0.493 e. The van der Waals surface area contributed by atoms with Crippen molar-refractivity contribution in [3.8, 4) is 11.5 Å². The van der Waals surface area contributed by atoms with E-state index in [-0.39, 0.29) is 18.2 Å². The van der Waals surface area contributed by atoms with Gasteiger partial charge < -0.3 is 24.5 Å². The molecule has 1 aromatic heterocycles. The molecule has 2 N–H and O–H groups in total. The molecular weight excluding hydrogens is 300 g/mol. The number of ether oxygens (including phenoxy) is 2. The number of carbonyl (C=O) groups is 2. The van der Waals surface area contributed by atoms with E-state index in [1.807, 2.05) is 6.07 Å². The highest BCUT2D eigenvalue weighted by Crippen LogP contribution is 2.27. The fraction of sp³-hybridized carbons (Fsp3) is 0.250. The van der Waals surface area contributed by atoms with Gasteiger partial charge >= 0.3 is 0 Å². The van der Waals surface area contributed by atoms with Crippen LogP contribution in [0.5, 0.6) is 11.5 Å². The molecule has 2 rings (SSSR count). The second-order valence-corrected chi connectivity index (χ2v) is 4.63. The molecular formula is C16H18N2O5. The molecule has 0 bridgehead atoms. The summed E-state index contributed by atoms with van der Waals surface area (Å²) in [7, 11) is 3.10. The van der Waals surface area contributed by atoms with Crippen LogP contribution in [0.1, 0.15) is 16.1 Å². The molecule has 0 aliphatic rings. The monoisotopic (exact) mass is 318 g/mol. The van der Waals surface area contributed by atoms with Crippen molar-refractivity contribution in [1.29, 1.82) is 0 Å². The van der Waals surface area contributed by atoms with Crippen LogP contribution in [0.3, 0.4) is 0 Å². The van der Waals surface area contributed by atoms with E-state index in [2.05, 4.69) is 10.6 Å². The van der Waals surface area contributed by atoms with Gasteiger partial charge in [0.05, 0.1) is 27.0 Å². The smallest absolute Gasteiger partial charge is 0.287 e. The average molecular weight is 318 g/mol. The Hall–Kier alpha value is -2.96. The molecule has 0 saturated heterocycles. The van der Waals surface area contributed by atoms with Gasteiger partial charge in [0, 0.05) is 6.54 Å². The predicted octanol–water partition coefficient (Wildman–Crippen LogP) is 1.34. The first-order valence-electron chi connectivity index (χ1n) is 6.93. The summed E-state index contributed by atoms with van der Waals surface area (Å²) in [6, 6.07) is 8.49. The molecule has 0 aliphatic carbocycles. The van der Waals surface area contributed by atoms with Crippen molar-refractivity contribution in [3.05, 3.63) is 47.9 Å². The second-order valence-electron chi connectivity index (χ2n) is 4.63. The molecule has 0 atom stereocenters. The number of methoxy groups -OCH3 is 2. The van der Waals surface area contributed by atoms with Gasteiger partial charge in [0.25, 0.3) is 5.91 Å². The minimum absolute atomic E-state index is 0.132. The zero-order valence-electron chi connectivity index (χ0n) is 12.9. The summed E-state index contributed by atoms with van der Waals surface area (Å²) in [5.41, 5.74) is 0.855. The molecule has 1 aromatic carbocycles. The molecule has 1 heterocycles. The highest BCUT2D eigenvalue weighted by molar-refractivity contribution is 5.94. The second kappa shape index (κ2) is 7.88. The molecule has 7 nitrogen and oxygen atoms in total. The van der Waals surface area contributed by atoms with Gasteiger partial charge in [0.2, 0.25) is 5.91 Å². The van der Waals surface area contributed by atoms with E-state index in [0.717, 1.165) is 5.56 Å². The summed E-state index contributed by atoms with van der Waals surface area (Å²) >= 11 is 0. The van der Waals surface area contributed by atoms with Crippen LogP contribution in [0.4, 0.5) is 0 Å². The molecule has 0 saturated carbocycles. The Morgan fingerprint density at radius 2 is 1.87 bits per heavy atom. The molecule has 122 valence electrons. The SMILES string of the molecule is COc1ccc(CNC(=O)CNC(=O)c2ccco2)cc1OC. The lowest BCUT2D eigenvalue weighted by molar-refractivity contribution is -0.120. The van der Waals surface area contributed by atoms with Crippen LogP contribution >= 0.6 is 0 Å². The lowest BCUT2D eigenvalue weighted by Gasteiger charge is -2.10. The molecule has 0 radical (unpaired) electrons. The van der Waals surface area contributed by atoms with Gasteiger partial charge in [0.1, 0.15) is 0 Å². The predicted molar refractivity (Wildman–Crippen MR) is 82.4 cm³/mol. The number of benzene rings is 1. The molecule has 0 unspecified atom stereocenters. The van der Waals surface area contributed by atoms with E-state index < -0.39 is 5.91 Å². The summed E-state index contributed by atoms with van der Waals surface area (Å²) in [4.78, 5) is 23.4. The molecule has 7 heteroatoms. The first-order chi connectivity index (χ1) is 11.1. The highest BCUT2D eigenvalue weighted by atomic mass is 16.5. The highest BCUT2D eigenvalue weighted by Gasteiger charge is 2.10. The molecule has 0 fully saturated rings. The van der Waals surface area contributed by atoms with Crippen LogP contribution < -0.4 is 20.1 Å². The zero-order chi connectivity index (χ0) is 16.7. The number of furan rings is 1. The Labute approximate surface area is 133 Å². The van der Waals surface area contributed by atoms with Crippen LogP contribution in [0.15, 0.2) is 41.0 Å². The van der Waals surface area contributed by atoms with Crippen LogP contribution in [0.25, 0.3) is 0 Å². The average Bonchev–Trinajstić information content (AvgIpc) is 3.12. The first kappa shape index (κ1) is 16.4. The van der Waals surface area contributed by atoms with E-state index in [1.54, 1.807) is 32.4 Å². The van der Waals surface area contributed by atoms with E-state index in [0.29, 0.717) is 18.0 Å². The van der Waals surface area contributed by atoms with Crippen molar-refractivity contribution in [2.24, 2.45) is 0 Å². The lowest BCUT2D eigenvalue weighted by atomic mass is 10.2. The summed E-state index contributed by atoms with van der Waals surface area (Å²) in [6.07, 6.45) is 1.39. The van der Waals surface area contributed by atoms with E-state index in [9.17, 15) is 9.59 Å². The third-order valence-corrected chi connectivity index (χ3v) is 3.09. The molecule has 0 spiro atoms. The van der Waals surface area contributed by atoms with Gasteiger partial charge in [-0.25, -0.2) is 0 Å². The van der Waals surface area contributed by atoms with Crippen LogP contribution in [0.2, 0.25) is 0 Å². The van der Waals surface area contributed by atoms with Crippen molar-refractivity contribution < 1.29 is 23.5 Å². The zero-order valence-corrected chi connectivity index (χ0v) is 12.9. The van der Waals surface area contributed by atoms with Crippen molar-refractivity contribution in [2.75, 3.05) is 20.8 Å². The third kappa shape index (κ3) is 4.50. The van der Waals surface area contributed by atoms with Gasteiger partial charge in [-0.15, -0.1) is 0 Å². The fourth-order valence-corrected chi connectivity index (χ4v) is 1.91. The third-order valence-electron chi connectivity index (χ3n) is 3.09. The van der Waals surface area contributed by atoms with Gasteiger partial charge in [-0.1, -0.05) is 6.07 Å². The Bertz CT molecular complexity index is 667. The van der Waals surface area contributed by atoms with Crippen molar-refractivity contribution in [3.63, 3.8) is 0 Å². The topological polar surface area (TPSA) is 89.8 Å². The number of amides is 2. The Balaban J connectivity index is 1.81. The fourth-order valence-electron chi connectivity index (χ4n) is 1.91. The summed E-state index contributed by atoms with van der Waals surface area (Å²) in [5, 5.41) is 5.18. The van der Waals surface area contributed by atoms with E-state index >= 15 is 0 Å². The number of carbonyl (C=O) groups excluding carboxylic acids is 2. The minimum atomic E-state index is -0.434. The molecule has 23 heavy (non-hydrogen) atoms. The van der Waals surface area contributed by atoms with Gasteiger partial charge in [-0.2, -0.15) is 0 Å². The Morgan fingerprint density at radius 3 is 2.52 bits per heavy atom. The Morgan fingerprint density at radius 1 is 1.09 bits per heavy atom. The minimum Gasteiger partial charge on any atom is -0.493 e. The first-order valence-corrected chi connectivity index (χ1v) is 6.93. The standard InChI is InChI=1S/C16H18N2O5/c1-21-12-6-5-11(8-14(12)22-2)9-17-15(19)10-18-16(20)13-4-3-7-23-13/h3-8H,9-10H2,1-2H3,(H,17,19)(H,18,20). The van der Waals surface area contributed by atoms with Gasteiger partial charge in [-0.3, -0.25) is 9.59 Å². The normalized spacial score (nSPS) is 10.0. The lowest BCUT2D eigenvalue weighted by Crippen LogP contribution is -2.36. The van der Waals surface area contributed by atoms with Crippen molar-refractivity contribution in [2.45, 2.75) is 6.54 Å². The van der Waals surface area contributed by atoms with Crippen molar-refractivity contribution >= 4 is 11.8 Å². The molecule has 0 aliphatic heterocycles. The maximum Gasteiger partial charge on any atom is 0.287 e. The van der Waals surface area contributed by atoms with Crippen molar-refractivity contribution in [1.82, 2.24) is 10.6 Å². The number of rotatable bonds is 7. The summed E-state index contributed by atoms with van der Waals surface area (Å²) < 4.78 is 15.3. The number of hydrogen-bond donors (Lipinski definition) is 2. The Kier molecular flexibility index (Phi) is 5.62. The number of hydrogen-bond acceptors (Lipinski definition) is 5.